The van der Waals surface area contributed by atoms with E-state index >= 15 is 0 Å². The molecule has 0 aliphatic heterocycles. The molecular formula is C18H18ClF5N4O3S. The smallest absolute Gasteiger partial charge is 0.423 e. The van der Waals surface area contributed by atoms with Crippen LogP contribution in [-0.2, 0) is 22.6 Å². The Balaban J connectivity index is 2.10. The Hall–Kier alpha value is -2.28. The van der Waals surface area contributed by atoms with E-state index in [1.165, 1.54) is 6.07 Å². The third-order valence-electron chi connectivity index (χ3n) is 4.85. The van der Waals surface area contributed by atoms with Crippen LogP contribution < -0.4 is 4.74 Å². The minimum Gasteiger partial charge on any atom is -0.479 e. The molecule has 14 heteroatoms. The Morgan fingerprint density at radius 2 is 2.09 bits per heavy atom. The summed E-state index contributed by atoms with van der Waals surface area (Å²) in [6.07, 6.45) is -3.68. The predicted molar refractivity (Wildman–Crippen MR) is 105 cm³/mol. The van der Waals surface area contributed by atoms with Gasteiger partial charge in [0.1, 0.15) is 11.3 Å². The highest BCUT2D eigenvalue weighted by Crippen LogP contribution is 2.42. The number of hydrogen-bond donors (Lipinski definition) is 0. The van der Waals surface area contributed by atoms with Crippen molar-refractivity contribution < 1.29 is 35.1 Å². The number of pyridine rings is 1. The van der Waals surface area contributed by atoms with Crippen molar-refractivity contribution in [2.24, 2.45) is 10.9 Å². The maximum atomic E-state index is 13.8. The van der Waals surface area contributed by atoms with Crippen LogP contribution >= 0.6 is 11.6 Å². The maximum Gasteiger partial charge on any atom is 0.423 e. The number of ether oxygens (including phenoxy) is 1. The van der Waals surface area contributed by atoms with Gasteiger partial charge in [0.05, 0.1) is 12.8 Å². The lowest BCUT2D eigenvalue weighted by molar-refractivity contribution is -0.138. The molecule has 176 valence electrons. The molecule has 3 rings (SSSR count). The highest BCUT2D eigenvalue weighted by Gasteiger charge is 2.44. The molecule has 1 fully saturated rings. The van der Waals surface area contributed by atoms with Gasteiger partial charge in [0, 0.05) is 37.9 Å². The molecule has 0 radical (unpaired) electrons. The number of halogens is 6. The number of aromatic nitrogens is 3. The summed E-state index contributed by atoms with van der Waals surface area (Å²) in [7, 11) is -2.72. The highest BCUT2D eigenvalue weighted by molar-refractivity contribution is 7.90. The summed E-state index contributed by atoms with van der Waals surface area (Å²) in [4.78, 5) is 7.58. The van der Waals surface area contributed by atoms with Gasteiger partial charge in [-0.15, -0.1) is 5.10 Å². The average molecular weight is 501 g/mol. The van der Waals surface area contributed by atoms with Crippen LogP contribution in [0.15, 0.2) is 28.3 Å². The number of nitrogens with zero attached hydrogens (tertiary/aromatic N) is 4. The van der Waals surface area contributed by atoms with Crippen molar-refractivity contribution >= 4 is 32.3 Å². The van der Waals surface area contributed by atoms with E-state index < -0.39 is 56.6 Å². The van der Waals surface area contributed by atoms with E-state index in [2.05, 4.69) is 15.1 Å². The number of sulfone groups is 1. The molecule has 1 aliphatic rings. The lowest BCUT2D eigenvalue weighted by Gasteiger charge is -2.14. The summed E-state index contributed by atoms with van der Waals surface area (Å²) in [6.45, 7) is -0.256. The van der Waals surface area contributed by atoms with Gasteiger partial charge < -0.3 is 4.74 Å². The standard InChI is InChI=1S/C18H18ClF5N4O3S/c1-31-16-13(18(22,23)24)14(28(27-16)9-10-3-5-17(20,21)8-10)15(19)26-11-4-6-25-12(7-11)32(2,29)30/h4,6-7,10H,3,5,8-9H2,1-2H3/b26-15-. The molecule has 1 atom stereocenters. The molecule has 0 saturated heterocycles. The fraction of sp³-hybridized carbons (Fsp3) is 0.500. The van der Waals surface area contributed by atoms with Crippen molar-refractivity contribution in [1.82, 2.24) is 14.8 Å². The van der Waals surface area contributed by atoms with Gasteiger partial charge in [0.25, 0.3) is 0 Å². The second kappa shape index (κ2) is 8.58. The van der Waals surface area contributed by atoms with Crippen LogP contribution in [0.2, 0.25) is 0 Å². The molecule has 2 aromatic heterocycles. The fourth-order valence-electron chi connectivity index (χ4n) is 3.46. The molecule has 0 N–H and O–H groups in total. The Labute approximate surface area is 185 Å². The van der Waals surface area contributed by atoms with Crippen LogP contribution in [-0.4, -0.2) is 47.6 Å². The Morgan fingerprint density at radius 1 is 1.41 bits per heavy atom. The second-order valence-corrected chi connectivity index (χ2v) is 9.73. The third-order valence-corrected chi connectivity index (χ3v) is 6.10. The molecule has 0 spiro atoms. The largest absolute Gasteiger partial charge is 0.479 e. The van der Waals surface area contributed by atoms with Crippen molar-refractivity contribution in [3.8, 4) is 5.88 Å². The molecule has 32 heavy (non-hydrogen) atoms. The first-order chi connectivity index (χ1) is 14.7. The zero-order chi connectivity index (χ0) is 23.9. The number of alkyl halides is 5. The van der Waals surface area contributed by atoms with Crippen LogP contribution in [0.3, 0.4) is 0 Å². The maximum absolute atomic E-state index is 13.8. The minimum atomic E-state index is -4.94. The van der Waals surface area contributed by atoms with Crippen molar-refractivity contribution in [2.45, 2.75) is 42.9 Å². The average Bonchev–Trinajstić information content (AvgIpc) is 3.20. The van der Waals surface area contributed by atoms with Crippen LogP contribution in [0.25, 0.3) is 0 Å². The third kappa shape index (κ3) is 5.37. The van der Waals surface area contributed by atoms with Gasteiger partial charge in [0.2, 0.25) is 11.8 Å². The summed E-state index contributed by atoms with van der Waals surface area (Å²) < 4.78 is 97.6. The van der Waals surface area contributed by atoms with Gasteiger partial charge in [-0.05, 0) is 18.4 Å². The summed E-state index contributed by atoms with van der Waals surface area (Å²) >= 11 is 6.15. The first-order valence-electron chi connectivity index (χ1n) is 9.22. The highest BCUT2D eigenvalue weighted by atomic mass is 35.5. The minimum absolute atomic E-state index is 0.0716. The van der Waals surface area contributed by atoms with E-state index in [-0.39, 0.29) is 30.1 Å². The summed E-state index contributed by atoms with van der Waals surface area (Å²) in [5, 5.41) is 2.77. The van der Waals surface area contributed by atoms with Gasteiger partial charge >= 0.3 is 6.18 Å². The molecule has 0 bridgehead atoms. The van der Waals surface area contributed by atoms with Gasteiger partial charge in [-0.2, -0.15) is 13.2 Å². The fourth-order valence-corrected chi connectivity index (χ4v) is 4.34. The Kier molecular flexibility index (Phi) is 6.53. The molecule has 0 aromatic carbocycles. The molecular weight excluding hydrogens is 483 g/mol. The van der Waals surface area contributed by atoms with Crippen molar-refractivity contribution in [3.63, 3.8) is 0 Å². The van der Waals surface area contributed by atoms with E-state index in [9.17, 15) is 30.4 Å². The van der Waals surface area contributed by atoms with Gasteiger partial charge in [0.15, 0.2) is 20.0 Å². The quantitative estimate of drug-likeness (QED) is 0.432. The van der Waals surface area contributed by atoms with E-state index in [0.717, 1.165) is 30.3 Å². The van der Waals surface area contributed by atoms with Crippen molar-refractivity contribution in [1.29, 1.82) is 0 Å². The molecule has 0 amide bonds. The van der Waals surface area contributed by atoms with Crippen LogP contribution in [0.4, 0.5) is 27.6 Å². The normalized spacial score (nSPS) is 19.4. The zero-order valence-electron chi connectivity index (χ0n) is 16.8. The van der Waals surface area contributed by atoms with E-state index in [0.29, 0.717) is 0 Å². The molecule has 2 aromatic rings. The van der Waals surface area contributed by atoms with Crippen LogP contribution in [0.1, 0.15) is 30.5 Å². The molecule has 1 saturated carbocycles. The number of methoxy groups -OCH3 is 1. The lowest BCUT2D eigenvalue weighted by atomic mass is 10.1. The zero-order valence-corrected chi connectivity index (χ0v) is 18.4. The van der Waals surface area contributed by atoms with E-state index in [1.54, 1.807) is 0 Å². The van der Waals surface area contributed by atoms with Crippen LogP contribution in [0.5, 0.6) is 5.88 Å². The molecule has 1 aliphatic carbocycles. The van der Waals surface area contributed by atoms with Crippen molar-refractivity contribution in [2.75, 3.05) is 13.4 Å². The number of hydrogen-bond acceptors (Lipinski definition) is 6. The molecule has 2 heterocycles. The predicted octanol–water partition coefficient (Wildman–Crippen LogP) is 4.46. The Bertz CT molecular complexity index is 1150. The summed E-state index contributed by atoms with van der Waals surface area (Å²) in [5.74, 6) is -4.31. The Morgan fingerprint density at radius 3 is 2.62 bits per heavy atom. The number of rotatable bonds is 6. The van der Waals surface area contributed by atoms with Gasteiger partial charge in [-0.25, -0.2) is 27.2 Å². The van der Waals surface area contributed by atoms with E-state index in [1.807, 2.05) is 0 Å². The van der Waals surface area contributed by atoms with Gasteiger partial charge in [-0.3, -0.25) is 4.68 Å². The topological polar surface area (TPSA) is 86.4 Å². The van der Waals surface area contributed by atoms with Crippen LogP contribution in [0, 0.1) is 5.92 Å². The molecule has 1 unspecified atom stereocenters. The lowest BCUT2D eigenvalue weighted by Crippen LogP contribution is -2.18. The van der Waals surface area contributed by atoms with Crippen molar-refractivity contribution in [3.05, 3.63) is 29.6 Å². The second-order valence-electron chi connectivity index (χ2n) is 7.40. The SMILES string of the molecule is COc1nn(CC2CCC(F)(F)C2)c(/C(Cl)=N/c2ccnc(S(C)(=O)=O)c2)c1C(F)(F)F. The first kappa shape index (κ1) is 24.4. The monoisotopic (exact) mass is 500 g/mol. The summed E-state index contributed by atoms with van der Waals surface area (Å²) in [6, 6.07) is 2.29. The molecule has 7 nitrogen and oxygen atoms in total. The first-order valence-corrected chi connectivity index (χ1v) is 11.5. The van der Waals surface area contributed by atoms with Gasteiger partial charge in [-0.1, -0.05) is 11.6 Å². The number of aliphatic imine (C=N–C) groups is 1. The van der Waals surface area contributed by atoms with E-state index in [4.69, 9.17) is 16.3 Å². The summed E-state index contributed by atoms with van der Waals surface area (Å²) in [5.41, 5.74) is -2.04.